The Labute approximate surface area is 204 Å². The van der Waals surface area contributed by atoms with Gasteiger partial charge in [-0.15, -0.1) is 5.10 Å². The molecule has 10 nitrogen and oxygen atoms in total. The Morgan fingerprint density at radius 3 is 2.54 bits per heavy atom. The molecule has 1 aliphatic heterocycles. The Kier molecular flexibility index (Phi) is 7.59. The number of hydrogen-bond donors (Lipinski definition) is 2. The van der Waals surface area contributed by atoms with Gasteiger partial charge in [-0.2, -0.15) is 0 Å². The third kappa shape index (κ3) is 6.14. The number of rotatable bonds is 8. The molecule has 1 saturated heterocycles. The van der Waals surface area contributed by atoms with E-state index in [9.17, 15) is 9.59 Å². The van der Waals surface area contributed by atoms with E-state index in [0.29, 0.717) is 18.0 Å². The van der Waals surface area contributed by atoms with Gasteiger partial charge in [-0.25, -0.2) is 4.98 Å². The summed E-state index contributed by atoms with van der Waals surface area (Å²) in [7, 11) is 1.42. The minimum absolute atomic E-state index is 0.139. The summed E-state index contributed by atoms with van der Waals surface area (Å²) in [6.07, 6.45) is 4.84. The summed E-state index contributed by atoms with van der Waals surface area (Å²) < 4.78 is 10.2. The average Bonchev–Trinajstić information content (AvgIpc) is 3.34. The number of hydrogen-bond acceptors (Lipinski definition) is 9. The summed E-state index contributed by atoms with van der Waals surface area (Å²) in [5.41, 5.74) is 3.50. The molecule has 2 N–H and O–H groups in total. The largest absolute Gasteiger partial charge is 0.469 e. The molecule has 2 aromatic heterocycles. The van der Waals surface area contributed by atoms with Crippen molar-refractivity contribution in [1.29, 1.82) is 0 Å². The molecule has 1 amide bonds. The van der Waals surface area contributed by atoms with Crippen LogP contribution in [0, 0.1) is 12.8 Å². The molecule has 1 aliphatic rings. The first-order valence-corrected chi connectivity index (χ1v) is 11.7. The van der Waals surface area contributed by atoms with Crippen LogP contribution in [0.25, 0.3) is 0 Å². The Hall–Kier alpha value is -3.95. The molecule has 10 heteroatoms. The molecule has 4 rings (SSSR count). The van der Waals surface area contributed by atoms with Crippen LogP contribution in [0.2, 0.25) is 0 Å². The number of esters is 1. The normalized spacial score (nSPS) is 14.0. The molecule has 35 heavy (non-hydrogen) atoms. The number of nitrogens with one attached hydrogen (secondary N) is 2. The van der Waals surface area contributed by atoms with Gasteiger partial charge in [0.1, 0.15) is 5.82 Å². The van der Waals surface area contributed by atoms with Crippen LogP contribution in [0.5, 0.6) is 0 Å². The van der Waals surface area contributed by atoms with Crippen molar-refractivity contribution < 1.29 is 18.7 Å². The van der Waals surface area contributed by atoms with E-state index in [-0.39, 0.29) is 17.9 Å². The molecule has 3 heterocycles. The lowest BCUT2D eigenvalue weighted by Gasteiger charge is -2.33. The Bertz CT molecular complexity index is 1170. The third-order valence-corrected chi connectivity index (χ3v) is 6.14. The van der Waals surface area contributed by atoms with Gasteiger partial charge in [0.05, 0.1) is 19.0 Å². The molecule has 3 aromatic rings. The van der Waals surface area contributed by atoms with Gasteiger partial charge in [-0.05, 0) is 61.4 Å². The van der Waals surface area contributed by atoms with Crippen molar-refractivity contribution in [3.05, 3.63) is 53.5 Å². The van der Waals surface area contributed by atoms with Gasteiger partial charge < -0.3 is 24.7 Å². The fourth-order valence-corrected chi connectivity index (χ4v) is 4.13. The molecule has 1 aromatic carbocycles. The molecule has 1 fully saturated rings. The molecular formula is C25H30N6O4. The van der Waals surface area contributed by atoms with Gasteiger partial charge in [0, 0.05) is 25.2 Å². The van der Waals surface area contributed by atoms with Crippen molar-refractivity contribution in [2.75, 3.05) is 35.7 Å². The summed E-state index contributed by atoms with van der Waals surface area (Å²) in [6.45, 7) is 5.69. The van der Waals surface area contributed by atoms with Crippen LogP contribution in [0.1, 0.15) is 48.0 Å². The minimum Gasteiger partial charge on any atom is -0.469 e. The summed E-state index contributed by atoms with van der Waals surface area (Å²) in [4.78, 5) is 30.9. The van der Waals surface area contributed by atoms with E-state index in [0.717, 1.165) is 49.4 Å². The summed E-state index contributed by atoms with van der Waals surface area (Å²) >= 11 is 0. The standard InChI is InChI=1S/C25H30N6O4/c1-4-17-5-7-19(8-6-17)28-25-30-29-24(35-25)23(33)27-20-13-16(2)22(26-15-20)31-11-9-18(10-12-31)14-21(32)34-3/h5-8,13,15,18H,4,9-12,14H2,1-3H3,(H,27,33)(H,28,30). The van der Waals surface area contributed by atoms with Crippen LogP contribution >= 0.6 is 0 Å². The van der Waals surface area contributed by atoms with Gasteiger partial charge in [-0.1, -0.05) is 24.2 Å². The quantitative estimate of drug-likeness (QED) is 0.460. The van der Waals surface area contributed by atoms with Crippen molar-refractivity contribution in [2.24, 2.45) is 5.92 Å². The second-order valence-corrected chi connectivity index (χ2v) is 8.62. The number of benzene rings is 1. The van der Waals surface area contributed by atoms with Gasteiger partial charge in [-0.3, -0.25) is 9.59 Å². The van der Waals surface area contributed by atoms with E-state index < -0.39 is 5.91 Å². The van der Waals surface area contributed by atoms with Crippen LogP contribution in [-0.4, -0.2) is 47.3 Å². The zero-order valence-corrected chi connectivity index (χ0v) is 20.2. The molecular weight excluding hydrogens is 448 g/mol. The molecule has 0 atom stereocenters. The maximum Gasteiger partial charge on any atom is 0.320 e. The predicted molar refractivity (Wildman–Crippen MR) is 132 cm³/mol. The van der Waals surface area contributed by atoms with Crippen molar-refractivity contribution in [3.63, 3.8) is 0 Å². The number of nitrogens with zero attached hydrogens (tertiary/aromatic N) is 4. The Balaban J connectivity index is 1.33. The van der Waals surface area contributed by atoms with Crippen molar-refractivity contribution >= 4 is 35.1 Å². The lowest BCUT2D eigenvalue weighted by atomic mass is 9.93. The summed E-state index contributed by atoms with van der Waals surface area (Å²) in [5.74, 6) is 0.393. The summed E-state index contributed by atoms with van der Waals surface area (Å²) in [5, 5.41) is 13.5. The van der Waals surface area contributed by atoms with Gasteiger partial charge in [0.15, 0.2) is 0 Å². The zero-order valence-electron chi connectivity index (χ0n) is 20.2. The highest BCUT2D eigenvalue weighted by Crippen LogP contribution is 2.27. The number of aromatic nitrogens is 3. The van der Waals surface area contributed by atoms with Crippen molar-refractivity contribution in [2.45, 2.75) is 39.5 Å². The van der Waals surface area contributed by atoms with Crippen molar-refractivity contribution in [1.82, 2.24) is 15.2 Å². The first-order chi connectivity index (χ1) is 16.9. The maximum absolute atomic E-state index is 12.6. The second kappa shape index (κ2) is 11.0. The van der Waals surface area contributed by atoms with Crippen LogP contribution in [0.3, 0.4) is 0 Å². The van der Waals surface area contributed by atoms with Crippen LogP contribution in [0.15, 0.2) is 40.9 Å². The maximum atomic E-state index is 12.6. The molecule has 0 saturated carbocycles. The molecule has 0 bridgehead atoms. The fraction of sp³-hybridized carbons (Fsp3) is 0.400. The topological polar surface area (TPSA) is 122 Å². The molecule has 0 aliphatic carbocycles. The molecule has 0 radical (unpaired) electrons. The highest BCUT2D eigenvalue weighted by atomic mass is 16.5. The zero-order chi connectivity index (χ0) is 24.8. The molecule has 0 unspecified atom stereocenters. The fourth-order valence-electron chi connectivity index (χ4n) is 4.13. The lowest BCUT2D eigenvalue weighted by Crippen LogP contribution is -2.35. The number of carbonyl (C=O) groups excluding carboxylic acids is 2. The van der Waals surface area contributed by atoms with Gasteiger partial charge in [0.2, 0.25) is 0 Å². The number of carbonyl (C=O) groups is 2. The van der Waals surface area contributed by atoms with E-state index in [1.54, 1.807) is 6.20 Å². The highest BCUT2D eigenvalue weighted by molar-refractivity contribution is 6.01. The van der Waals surface area contributed by atoms with E-state index in [2.05, 4.69) is 37.6 Å². The monoisotopic (exact) mass is 478 g/mol. The van der Waals surface area contributed by atoms with Crippen LogP contribution < -0.4 is 15.5 Å². The number of aryl methyl sites for hydroxylation is 2. The number of anilines is 4. The smallest absolute Gasteiger partial charge is 0.320 e. The van der Waals surface area contributed by atoms with Crippen LogP contribution in [0.4, 0.5) is 23.2 Å². The first kappa shape index (κ1) is 24.2. The summed E-state index contributed by atoms with van der Waals surface area (Å²) in [6, 6.07) is 9.86. The second-order valence-electron chi connectivity index (χ2n) is 8.62. The SMILES string of the molecule is CCc1ccc(Nc2nnc(C(=O)Nc3cnc(N4CCC(CC(=O)OC)CC4)c(C)c3)o2)cc1. The van der Waals surface area contributed by atoms with Gasteiger partial charge in [0.25, 0.3) is 0 Å². The van der Waals surface area contributed by atoms with Crippen LogP contribution in [-0.2, 0) is 16.0 Å². The average molecular weight is 479 g/mol. The minimum atomic E-state index is -0.510. The number of methoxy groups -OCH3 is 1. The van der Waals surface area contributed by atoms with Crippen molar-refractivity contribution in [3.8, 4) is 0 Å². The van der Waals surface area contributed by atoms with E-state index >= 15 is 0 Å². The van der Waals surface area contributed by atoms with E-state index in [1.807, 2.05) is 37.3 Å². The molecule has 0 spiro atoms. The lowest BCUT2D eigenvalue weighted by molar-refractivity contribution is -0.141. The number of piperidine rings is 1. The van der Waals surface area contributed by atoms with Gasteiger partial charge >= 0.3 is 23.8 Å². The number of pyridine rings is 1. The Morgan fingerprint density at radius 1 is 1.14 bits per heavy atom. The highest BCUT2D eigenvalue weighted by Gasteiger charge is 2.24. The van der Waals surface area contributed by atoms with E-state index in [4.69, 9.17) is 9.15 Å². The molecule has 184 valence electrons. The predicted octanol–water partition coefficient (Wildman–Crippen LogP) is 4.11. The van der Waals surface area contributed by atoms with E-state index in [1.165, 1.54) is 12.7 Å². The number of ether oxygens (including phenoxy) is 1. The third-order valence-electron chi connectivity index (χ3n) is 6.14. The number of amides is 1. The first-order valence-electron chi connectivity index (χ1n) is 11.7. The Morgan fingerprint density at radius 2 is 1.89 bits per heavy atom.